The lowest BCUT2D eigenvalue weighted by molar-refractivity contribution is -0.122. The predicted molar refractivity (Wildman–Crippen MR) is 136 cm³/mol. The molecule has 0 bridgehead atoms. The Morgan fingerprint density at radius 2 is 1.88 bits per heavy atom. The Balaban J connectivity index is 2.03. The molecular formula is C23H31N5O3S2. The Morgan fingerprint density at radius 3 is 2.45 bits per heavy atom. The van der Waals surface area contributed by atoms with Gasteiger partial charge >= 0.3 is 0 Å². The van der Waals surface area contributed by atoms with E-state index in [4.69, 9.17) is 12.2 Å². The number of aromatic nitrogens is 1. The third-order valence-corrected chi connectivity index (χ3v) is 7.51. The highest BCUT2D eigenvalue weighted by Crippen LogP contribution is 2.36. The molecule has 1 aromatic rings. The first-order valence-electron chi connectivity index (χ1n) is 11.2. The first-order chi connectivity index (χ1) is 15.7. The number of carbonyl (C=O) groups is 1. The largest absolute Gasteiger partial charge is 0.395 e. The highest BCUT2D eigenvalue weighted by Gasteiger charge is 2.33. The molecule has 8 nitrogen and oxygen atoms in total. The van der Waals surface area contributed by atoms with Gasteiger partial charge in [0.2, 0.25) is 0 Å². The Hall–Kier alpha value is -2.19. The molecule has 0 unspecified atom stereocenters. The summed E-state index contributed by atoms with van der Waals surface area (Å²) in [5.41, 5.74) is 1.01. The van der Waals surface area contributed by atoms with Crippen molar-refractivity contribution in [3.8, 4) is 6.07 Å². The van der Waals surface area contributed by atoms with Gasteiger partial charge < -0.3 is 10.0 Å². The monoisotopic (exact) mass is 489 g/mol. The highest BCUT2D eigenvalue weighted by atomic mass is 32.2. The van der Waals surface area contributed by atoms with Crippen LogP contribution in [-0.2, 0) is 11.8 Å². The lowest BCUT2D eigenvalue weighted by Gasteiger charge is -2.37. The van der Waals surface area contributed by atoms with Gasteiger partial charge in [-0.05, 0) is 30.9 Å². The standard InChI is InChI=1S/C23H31N5O3S2/c1-15(2)5-6-28-22(31)19(33-23(28)32)13-17-16(3)18(14-24)21(30)25(4)20(17)27-9-7-26(8-10-27)11-12-29/h13,15,29H,5-12H2,1-4H3. The number of amides is 1. The van der Waals surface area contributed by atoms with Crippen molar-refractivity contribution >= 4 is 46.1 Å². The summed E-state index contributed by atoms with van der Waals surface area (Å²) in [6, 6.07) is 2.04. The Labute approximate surface area is 204 Å². The quantitative estimate of drug-likeness (QED) is 0.459. The minimum absolute atomic E-state index is 0.0849. The second kappa shape index (κ2) is 10.8. The lowest BCUT2D eigenvalue weighted by Crippen LogP contribution is -2.49. The maximum Gasteiger partial charge on any atom is 0.270 e. The molecule has 2 aliphatic heterocycles. The van der Waals surface area contributed by atoms with Crippen molar-refractivity contribution in [2.45, 2.75) is 27.2 Å². The normalized spacial score (nSPS) is 18.6. The van der Waals surface area contributed by atoms with E-state index in [1.54, 1.807) is 24.9 Å². The van der Waals surface area contributed by atoms with Crippen LogP contribution >= 0.6 is 24.0 Å². The lowest BCUT2D eigenvalue weighted by atomic mass is 10.0. The predicted octanol–water partition coefficient (Wildman–Crippen LogP) is 1.93. The van der Waals surface area contributed by atoms with E-state index in [-0.39, 0.29) is 23.6 Å². The highest BCUT2D eigenvalue weighted by molar-refractivity contribution is 8.26. The van der Waals surface area contributed by atoms with E-state index in [1.807, 2.05) is 6.07 Å². The molecule has 10 heteroatoms. The summed E-state index contributed by atoms with van der Waals surface area (Å²) >= 11 is 6.74. The summed E-state index contributed by atoms with van der Waals surface area (Å²) in [5.74, 6) is 1.03. The van der Waals surface area contributed by atoms with Crippen LogP contribution in [0.4, 0.5) is 5.82 Å². The van der Waals surface area contributed by atoms with E-state index in [2.05, 4.69) is 23.6 Å². The van der Waals surface area contributed by atoms with Crippen molar-refractivity contribution in [3.63, 3.8) is 0 Å². The van der Waals surface area contributed by atoms with Crippen molar-refractivity contribution in [3.05, 3.63) is 31.9 Å². The molecule has 0 aliphatic carbocycles. The molecule has 2 fully saturated rings. The van der Waals surface area contributed by atoms with Gasteiger partial charge in [0.05, 0.1) is 11.5 Å². The fraction of sp³-hybridized carbons (Fsp3) is 0.565. The van der Waals surface area contributed by atoms with E-state index in [0.29, 0.717) is 58.3 Å². The molecule has 0 radical (unpaired) electrons. The minimum Gasteiger partial charge on any atom is -0.395 e. The van der Waals surface area contributed by atoms with E-state index >= 15 is 0 Å². The molecule has 2 saturated heterocycles. The topological polar surface area (TPSA) is 92.8 Å². The number of nitriles is 1. The molecule has 1 amide bonds. The SMILES string of the molecule is Cc1c(C=C2SC(=S)N(CCC(C)C)C2=O)c(N2CCN(CCO)CC2)n(C)c(=O)c1C#N. The number of thioether (sulfide) groups is 1. The molecule has 3 heterocycles. The third-order valence-electron chi connectivity index (χ3n) is 6.14. The van der Waals surface area contributed by atoms with E-state index < -0.39 is 0 Å². The zero-order valence-corrected chi connectivity index (χ0v) is 21.3. The van der Waals surface area contributed by atoms with Gasteiger partial charge in [-0.25, -0.2) is 0 Å². The first-order valence-corrected chi connectivity index (χ1v) is 12.4. The molecule has 33 heavy (non-hydrogen) atoms. The average Bonchev–Trinajstić information content (AvgIpc) is 3.04. The number of pyridine rings is 1. The number of thiocarbonyl (C=S) groups is 1. The molecular weight excluding hydrogens is 458 g/mol. The first kappa shape index (κ1) is 25.4. The van der Waals surface area contributed by atoms with Gasteiger partial charge in [-0.15, -0.1) is 0 Å². The number of carbonyl (C=O) groups excluding carboxylic acids is 1. The van der Waals surface area contributed by atoms with Gasteiger partial charge in [0.1, 0.15) is 21.8 Å². The molecule has 178 valence electrons. The van der Waals surface area contributed by atoms with Gasteiger partial charge in [-0.1, -0.05) is 37.8 Å². The molecule has 0 aromatic carbocycles. The van der Waals surface area contributed by atoms with E-state index in [1.165, 1.54) is 16.3 Å². The van der Waals surface area contributed by atoms with Crippen LogP contribution in [0.1, 0.15) is 37.0 Å². The molecule has 0 spiro atoms. The number of piperazine rings is 1. The van der Waals surface area contributed by atoms with Crippen molar-refractivity contribution < 1.29 is 9.90 Å². The average molecular weight is 490 g/mol. The number of aliphatic hydroxyl groups is 1. The maximum atomic E-state index is 13.1. The molecule has 3 rings (SSSR count). The molecule has 0 saturated carbocycles. The molecule has 2 aliphatic rings. The number of nitrogens with zero attached hydrogens (tertiary/aromatic N) is 5. The summed E-state index contributed by atoms with van der Waals surface area (Å²) in [4.78, 5) is 32.5. The summed E-state index contributed by atoms with van der Waals surface area (Å²) in [6.07, 6.45) is 2.65. The molecule has 1 N–H and O–H groups in total. The zero-order chi connectivity index (χ0) is 24.3. The van der Waals surface area contributed by atoms with E-state index in [9.17, 15) is 20.0 Å². The maximum absolute atomic E-state index is 13.1. The second-order valence-corrected chi connectivity index (χ2v) is 10.5. The molecule has 0 atom stereocenters. The van der Waals surface area contributed by atoms with Crippen molar-refractivity contribution in [2.24, 2.45) is 13.0 Å². The number of rotatable bonds is 7. The second-order valence-electron chi connectivity index (χ2n) is 8.78. The number of aliphatic hydroxyl groups excluding tert-OH is 1. The fourth-order valence-electron chi connectivity index (χ4n) is 4.13. The Morgan fingerprint density at radius 1 is 1.21 bits per heavy atom. The van der Waals surface area contributed by atoms with Crippen molar-refractivity contribution in [1.82, 2.24) is 14.4 Å². The number of hydrogen-bond acceptors (Lipinski definition) is 8. The zero-order valence-electron chi connectivity index (χ0n) is 19.6. The number of β-amino-alcohol motifs (C(OH)–C–C–N with tert-alkyl or cyclic N) is 1. The van der Waals surface area contributed by atoms with Crippen molar-refractivity contribution in [1.29, 1.82) is 5.26 Å². The fourth-order valence-corrected chi connectivity index (χ4v) is 5.42. The smallest absolute Gasteiger partial charge is 0.270 e. The van der Waals surface area contributed by atoms with E-state index in [0.717, 1.165) is 19.5 Å². The van der Waals surface area contributed by atoms with Crippen LogP contribution in [0.3, 0.4) is 0 Å². The van der Waals surface area contributed by atoms with Crippen LogP contribution in [-0.4, -0.2) is 75.6 Å². The summed E-state index contributed by atoms with van der Waals surface area (Å²) in [7, 11) is 1.67. The van der Waals surface area contributed by atoms with Crippen LogP contribution in [0.25, 0.3) is 6.08 Å². The Bertz CT molecular complexity index is 1070. The van der Waals surface area contributed by atoms with Crippen LogP contribution in [0.15, 0.2) is 9.70 Å². The summed E-state index contributed by atoms with van der Waals surface area (Å²) in [6.45, 7) is 10.1. The molecule has 1 aromatic heterocycles. The minimum atomic E-state index is -0.343. The Kier molecular flexibility index (Phi) is 8.34. The van der Waals surface area contributed by atoms with Crippen LogP contribution in [0, 0.1) is 24.2 Å². The van der Waals surface area contributed by atoms with Gasteiger partial charge in [-0.3, -0.25) is 24.0 Å². The van der Waals surface area contributed by atoms with Gasteiger partial charge in [-0.2, -0.15) is 5.26 Å². The van der Waals surface area contributed by atoms with Gasteiger partial charge in [0, 0.05) is 51.9 Å². The van der Waals surface area contributed by atoms with Gasteiger partial charge in [0.25, 0.3) is 11.5 Å². The van der Waals surface area contributed by atoms with Crippen LogP contribution in [0.5, 0.6) is 0 Å². The van der Waals surface area contributed by atoms with Crippen LogP contribution < -0.4 is 10.5 Å². The van der Waals surface area contributed by atoms with Crippen molar-refractivity contribution in [2.75, 3.05) is 50.8 Å². The summed E-state index contributed by atoms with van der Waals surface area (Å²) < 4.78 is 2.05. The number of anilines is 1. The summed E-state index contributed by atoms with van der Waals surface area (Å²) in [5, 5.41) is 18.9. The third kappa shape index (κ3) is 5.32. The van der Waals surface area contributed by atoms with Gasteiger partial charge in [0.15, 0.2) is 0 Å². The van der Waals surface area contributed by atoms with Crippen LogP contribution in [0.2, 0.25) is 0 Å². The number of hydrogen-bond donors (Lipinski definition) is 1.